The molecule has 0 aliphatic carbocycles. The largest absolute Gasteiger partial charge is 0.497 e. The molecule has 2 rings (SSSR count). The second-order valence-corrected chi connectivity index (χ2v) is 5.04. The van der Waals surface area contributed by atoms with Crippen molar-refractivity contribution in [1.29, 1.82) is 0 Å². The average molecular weight is 324 g/mol. The molecule has 0 unspecified atom stereocenters. The zero-order chi connectivity index (χ0) is 13.0. The second kappa shape index (κ2) is 6.07. The Kier molecular flexibility index (Phi) is 4.45. The molecule has 0 saturated carbocycles. The van der Waals surface area contributed by atoms with Crippen LogP contribution in [0.4, 0.5) is 0 Å². The van der Waals surface area contributed by atoms with Crippen molar-refractivity contribution in [2.45, 2.75) is 0 Å². The van der Waals surface area contributed by atoms with Crippen LogP contribution in [-0.2, 0) is 0 Å². The van der Waals surface area contributed by atoms with Crippen molar-refractivity contribution in [3.05, 3.63) is 63.1 Å². The van der Waals surface area contributed by atoms with Gasteiger partial charge >= 0.3 is 0 Å². The lowest BCUT2D eigenvalue weighted by molar-refractivity contribution is 0.415. The van der Waals surface area contributed by atoms with Crippen LogP contribution in [0.25, 0.3) is 12.2 Å². The molecule has 0 radical (unpaired) electrons. The summed E-state index contributed by atoms with van der Waals surface area (Å²) in [5.41, 5.74) is 2.23. The Morgan fingerprint density at radius 3 is 2.22 bits per heavy atom. The van der Waals surface area contributed by atoms with Crippen molar-refractivity contribution in [2.75, 3.05) is 7.11 Å². The molecule has 0 amide bonds. The highest BCUT2D eigenvalue weighted by atomic mass is 79.9. The van der Waals surface area contributed by atoms with E-state index in [9.17, 15) is 0 Å². The molecule has 18 heavy (non-hydrogen) atoms. The molecule has 0 fully saturated rings. The number of methoxy groups -OCH3 is 1. The SMILES string of the molecule is COc1ccc(C=Cc2ccc(Cl)c(Br)c2)cc1. The third kappa shape index (κ3) is 3.37. The van der Waals surface area contributed by atoms with Crippen molar-refractivity contribution in [1.82, 2.24) is 0 Å². The number of ether oxygens (including phenoxy) is 1. The van der Waals surface area contributed by atoms with Gasteiger partial charge < -0.3 is 4.74 Å². The highest BCUT2D eigenvalue weighted by Crippen LogP contribution is 2.24. The maximum atomic E-state index is 5.95. The molecule has 0 heterocycles. The van der Waals surface area contributed by atoms with Crippen LogP contribution in [0.3, 0.4) is 0 Å². The molecule has 2 aromatic carbocycles. The zero-order valence-electron chi connectivity index (χ0n) is 9.86. The fourth-order valence-corrected chi connectivity index (χ4v) is 2.04. The van der Waals surface area contributed by atoms with Gasteiger partial charge in [-0.15, -0.1) is 0 Å². The van der Waals surface area contributed by atoms with Crippen LogP contribution in [0.5, 0.6) is 5.75 Å². The molecule has 3 heteroatoms. The topological polar surface area (TPSA) is 9.23 Å². The van der Waals surface area contributed by atoms with Crippen molar-refractivity contribution >= 4 is 39.7 Å². The van der Waals surface area contributed by atoms with Crippen LogP contribution < -0.4 is 4.74 Å². The Balaban J connectivity index is 2.16. The third-order valence-corrected chi connectivity index (χ3v) is 3.74. The number of rotatable bonds is 3. The van der Waals surface area contributed by atoms with Crippen molar-refractivity contribution in [2.24, 2.45) is 0 Å². The van der Waals surface area contributed by atoms with Crippen LogP contribution in [0, 0.1) is 0 Å². The molecule has 0 N–H and O–H groups in total. The summed E-state index contributed by atoms with van der Waals surface area (Å²) in [6.45, 7) is 0. The molecule has 2 aromatic rings. The van der Waals surface area contributed by atoms with Gasteiger partial charge in [0.25, 0.3) is 0 Å². The highest BCUT2D eigenvalue weighted by Gasteiger charge is 1.96. The standard InChI is InChI=1S/C15H12BrClO/c1-18-13-7-4-11(5-8-13)2-3-12-6-9-15(17)14(16)10-12/h2-10H,1H3. The van der Waals surface area contributed by atoms with Gasteiger partial charge in [0.05, 0.1) is 12.1 Å². The molecule has 0 aliphatic heterocycles. The summed E-state index contributed by atoms with van der Waals surface area (Å²) in [5.74, 6) is 0.862. The summed E-state index contributed by atoms with van der Waals surface area (Å²) in [4.78, 5) is 0. The monoisotopic (exact) mass is 322 g/mol. The number of hydrogen-bond acceptors (Lipinski definition) is 1. The lowest BCUT2D eigenvalue weighted by Gasteiger charge is -2.00. The second-order valence-electron chi connectivity index (χ2n) is 3.78. The lowest BCUT2D eigenvalue weighted by atomic mass is 10.1. The lowest BCUT2D eigenvalue weighted by Crippen LogP contribution is -1.81. The van der Waals surface area contributed by atoms with Crippen molar-refractivity contribution in [3.8, 4) is 5.75 Å². The van der Waals surface area contributed by atoms with Gasteiger partial charge in [0, 0.05) is 4.47 Å². The average Bonchev–Trinajstić information content (AvgIpc) is 2.41. The van der Waals surface area contributed by atoms with Crippen LogP contribution in [0.2, 0.25) is 5.02 Å². The summed E-state index contributed by atoms with van der Waals surface area (Å²) >= 11 is 9.36. The Labute approximate surface area is 120 Å². The van der Waals surface area contributed by atoms with Crippen LogP contribution in [-0.4, -0.2) is 7.11 Å². The summed E-state index contributed by atoms with van der Waals surface area (Å²) in [6.07, 6.45) is 4.10. The first-order valence-corrected chi connectivity index (χ1v) is 6.63. The van der Waals surface area contributed by atoms with E-state index in [1.54, 1.807) is 7.11 Å². The molecule has 0 aliphatic rings. The third-order valence-electron chi connectivity index (χ3n) is 2.53. The van der Waals surface area contributed by atoms with E-state index in [1.165, 1.54) is 0 Å². The minimum Gasteiger partial charge on any atom is -0.497 e. The quantitative estimate of drug-likeness (QED) is 0.698. The number of hydrogen-bond donors (Lipinski definition) is 0. The van der Waals surface area contributed by atoms with Gasteiger partial charge in [-0.3, -0.25) is 0 Å². The maximum absolute atomic E-state index is 5.95. The maximum Gasteiger partial charge on any atom is 0.118 e. The first-order chi connectivity index (χ1) is 8.69. The van der Waals surface area contributed by atoms with Crippen molar-refractivity contribution in [3.63, 3.8) is 0 Å². The van der Waals surface area contributed by atoms with Gasteiger partial charge in [0.2, 0.25) is 0 Å². The van der Waals surface area contributed by atoms with Gasteiger partial charge in [-0.05, 0) is 51.3 Å². The number of halogens is 2. The van der Waals surface area contributed by atoms with E-state index < -0.39 is 0 Å². The van der Waals surface area contributed by atoms with Crippen LogP contribution in [0.15, 0.2) is 46.9 Å². The first kappa shape index (κ1) is 13.2. The van der Waals surface area contributed by atoms with Crippen molar-refractivity contribution < 1.29 is 4.74 Å². The summed E-state index contributed by atoms with van der Waals surface area (Å²) in [6, 6.07) is 13.8. The normalized spacial score (nSPS) is 10.8. The summed E-state index contributed by atoms with van der Waals surface area (Å²) in [5, 5.41) is 0.719. The predicted molar refractivity (Wildman–Crippen MR) is 81.1 cm³/mol. The molecule has 0 saturated heterocycles. The van der Waals surface area contributed by atoms with Gasteiger partial charge in [0.1, 0.15) is 5.75 Å². The fraction of sp³-hybridized carbons (Fsp3) is 0.0667. The van der Waals surface area contributed by atoms with Gasteiger partial charge in [0.15, 0.2) is 0 Å². The summed E-state index contributed by atoms with van der Waals surface area (Å²) < 4.78 is 6.02. The molecule has 0 aromatic heterocycles. The van der Waals surface area contributed by atoms with E-state index in [0.717, 1.165) is 26.4 Å². The molecular weight excluding hydrogens is 312 g/mol. The fourth-order valence-electron chi connectivity index (χ4n) is 1.52. The Morgan fingerprint density at radius 1 is 1.00 bits per heavy atom. The Hall–Kier alpha value is -1.25. The molecule has 0 spiro atoms. The smallest absolute Gasteiger partial charge is 0.118 e. The first-order valence-electron chi connectivity index (χ1n) is 5.46. The van der Waals surface area contributed by atoms with E-state index >= 15 is 0 Å². The molecule has 0 bridgehead atoms. The van der Waals surface area contributed by atoms with E-state index in [1.807, 2.05) is 48.5 Å². The minimum absolute atomic E-state index is 0.719. The van der Waals surface area contributed by atoms with Crippen LogP contribution >= 0.6 is 27.5 Å². The molecular formula is C15H12BrClO. The highest BCUT2D eigenvalue weighted by molar-refractivity contribution is 9.10. The Bertz CT molecular complexity index is 561. The van der Waals surface area contributed by atoms with E-state index in [-0.39, 0.29) is 0 Å². The van der Waals surface area contributed by atoms with Crippen LogP contribution in [0.1, 0.15) is 11.1 Å². The van der Waals surface area contributed by atoms with E-state index in [0.29, 0.717) is 0 Å². The minimum atomic E-state index is 0.719. The van der Waals surface area contributed by atoms with Gasteiger partial charge in [-0.1, -0.05) is 42.0 Å². The molecule has 1 nitrogen and oxygen atoms in total. The van der Waals surface area contributed by atoms with Gasteiger partial charge in [-0.2, -0.15) is 0 Å². The molecule has 92 valence electrons. The summed E-state index contributed by atoms with van der Waals surface area (Å²) in [7, 11) is 1.66. The zero-order valence-corrected chi connectivity index (χ0v) is 12.2. The van der Waals surface area contributed by atoms with Gasteiger partial charge in [-0.25, -0.2) is 0 Å². The molecule has 0 atom stereocenters. The predicted octanol–water partition coefficient (Wildman–Crippen LogP) is 5.28. The Morgan fingerprint density at radius 2 is 1.61 bits per heavy atom. The van der Waals surface area contributed by atoms with E-state index in [2.05, 4.69) is 22.0 Å². The van der Waals surface area contributed by atoms with E-state index in [4.69, 9.17) is 16.3 Å². The number of benzene rings is 2.